The van der Waals surface area contributed by atoms with Gasteiger partial charge in [0.25, 0.3) is 5.56 Å². The molecule has 0 amide bonds. The standard InChI is InChI=1S/C21H21FN4O/c1-25-20(27)13-19(17-9-10-23-14-18(17)22)24-21(25)26-11-5-8-16(26)12-15-6-3-2-4-7-15/h2-4,6-7,9-10,13-14,16H,5,8,11-12H2,1H3/t16-/m0/s1. The van der Waals surface area contributed by atoms with Gasteiger partial charge in [-0.05, 0) is 30.9 Å². The monoisotopic (exact) mass is 364 g/mol. The molecule has 5 nitrogen and oxygen atoms in total. The van der Waals surface area contributed by atoms with E-state index in [0.29, 0.717) is 17.2 Å². The first-order valence-electron chi connectivity index (χ1n) is 9.12. The summed E-state index contributed by atoms with van der Waals surface area (Å²) in [5.41, 5.74) is 1.70. The molecule has 0 radical (unpaired) electrons. The van der Waals surface area contributed by atoms with Gasteiger partial charge in [-0.2, -0.15) is 0 Å². The Labute approximate surface area is 157 Å². The van der Waals surface area contributed by atoms with Gasteiger partial charge in [0.05, 0.1) is 11.9 Å². The van der Waals surface area contributed by atoms with E-state index in [-0.39, 0.29) is 11.6 Å². The highest BCUT2D eigenvalue weighted by Crippen LogP contribution is 2.27. The van der Waals surface area contributed by atoms with Crippen molar-refractivity contribution in [3.8, 4) is 11.3 Å². The van der Waals surface area contributed by atoms with Crippen molar-refractivity contribution < 1.29 is 4.39 Å². The average Bonchev–Trinajstić information content (AvgIpc) is 3.13. The highest BCUT2D eigenvalue weighted by molar-refractivity contribution is 5.60. The number of pyridine rings is 1. The molecule has 1 saturated heterocycles. The molecule has 1 aliphatic heterocycles. The van der Waals surface area contributed by atoms with Crippen LogP contribution in [0.3, 0.4) is 0 Å². The molecule has 1 atom stereocenters. The van der Waals surface area contributed by atoms with Crippen molar-refractivity contribution >= 4 is 5.95 Å². The lowest BCUT2D eigenvalue weighted by Crippen LogP contribution is -2.36. The average molecular weight is 364 g/mol. The molecule has 0 bridgehead atoms. The quantitative estimate of drug-likeness (QED) is 0.713. The molecular formula is C21H21FN4O. The van der Waals surface area contributed by atoms with Crippen LogP contribution in [0.1, 0.15) is 18.4 Å². The summed E-state index contributed by atoms with van der Waals surface area (Å²) in [6, 6.07) is 13.5. The third-order valence-electron chi connectivity index (χ3n) is 5.11. The second-order valence-electron chi connectivity index (χ2n) is 6.87. The number of rotatable bonds is 4. The summed E-state index contributed by atoms with van der Waals surface area (Å²) in [5, 5.41) is 0. The van der Waals surface area contributed by atoms with Crippen LogP contribution in [-0.4, -0.2) is 27.1 Å². The number of hydrogen-bond acceptors (Lipinski definition) is 4. The van der Waals surface area contributed by atoms with E-state index in [9.17, 15) is 9.18 Å². The van der Waals surface area contributed by atoms with Crippen molar-refractivity contribution in [2.45, 2.75) is 25.3 Å². The normalized spacial score (nSPS) is 16.7. The van der Waals surface area contributed by atoms with Gasteiger partial charge in [-0.1, -0.05) is 30.3 Å². The molecular weight excluding hydrogens is 343 g/mol. The first kappa shape index (κ1) is 17.4. The first-order chi connectivity index (χ1) is 13.1. The highest BCUT2D eigenvalue weighted by atomic mass is 19.1. The van der Waals surface area contributed by atoms with E-state index in [1.54, 1.807) is 17.7 Å². The Morgan fingerprint density at radius 3 is 2.81 bits per heavy atom. The number of halogens is 1. The van der Waals surface area contributed by atoms with Gasteiger partial charge in [0.2, 0.25) is 5.95 Å². The smallest absolute Gasteiger partial charge is 0.255 e. The third kappa shape index (κ3) is 3.47. The van der Waals surface area contributed by atoms with Crippen LogP contribution in [-0.2, 0) is 13.5 Å². The number of benzene rings is 1. The van der Waals surface area contributed by atoms with Gasteiger partial charge in [-0.25, -0.2) is 9.37 Å². The van der Waals surface area contributed by atoms with E-state index in [1.807, 2.05) is 18.2 Å². The number of anilines is 1. The van der Waals surface area contributed by atoms with E-state index >= 15 is 0 Å². The molecule has 27 heavy (non-hydrogen) atoms. The highest BCUT2D eigenvalue weighted by Gasteiger charge is 2.28. The number of hydrogen-bond donors (Lipinski definition) is 0. The van der Waals surface area contributed by atoms with Crippen LogP contribution in [0.2, 0.25) is 0 Å². The van der Waals surface area contributed by atoms with Gasteiger partial charge in [-0.15, -0.1) is 0 Å². The Kier molecular flexibility index (Phi) is 4.71. The summed E-state index contributed by atoms with van der Waals surface area (Å²) < 4.78 is 15.7. The van der Waals surface area contributed by atoms with Crippen LogP contribution in [0.5, 0.6) is 0 Å². The van der Waals surface area contributed by atoms with Gasteiger partial charge in [0, 0.05) is 37.5 Å². The Balaban J connectivity index is 1.72. The second kappa shape index (κ2) is 7.31. The lowest BCUT2D eigenvalue weighted by atomic mass is 10.0. The molecule has 6 heteroatoms. The fraction of sp³-hybridized carbons (Fsp3) is 0.286. The van der Waals surface area contributed by atoms with Crippen molar-refractivity contribution in [2.24, 2.45) is 7.05 Å². The molecule has 3 aromatic rings. The molecule has 0 unspecified atom stereocenters. The molecule has 1 aliphatic rings. The van der Waals surface area contributed by atoms with Crippen LogP contribution in [0.25, 0.3) is 11.3 Å². The lowest BCUT2D eigenvalue weighted by Gasteiger charge is -2.27. The summed E-state index contributed by atoms with van der Waals surface area (Å²) in [6.07, 6.45) is 5.62. The van der Waals surface area contributed by atoms with Crippen LogP contribution in [0.15, 0.2) is 59.7 Å². The van der Waals surface area contributed by atoms with Crippen molar-refractivity contribution in [2.75, 3.05) is 11.4 Å². The number of nitrogens with zero attached hydrogens (tertiary/aromatic N) is 4. The molecule has 0 aliphatic carbocycles. The molecule has 1 fully saturated rings. The fourth-order valence-corrected chi connectivity index (χ4v) is 3.70. The summed E-state index contributed by atoms with van der Waals surface area (Å²) in [5.74, 6) is 0.110. The Morgan fingerprint density at radius 2 is 2.04 bits per heavy atom. The second-order valence-corrected chi connectivity index (χ2v) is 6.87. The lowest BCUT2D eigenvalue weighted by molar-refractivity contribution is 0.621. The fourth-order valence-electron chi connectivity index (χ4n) is 3.70. The molecule has 4 rings (SSSR count). The first-order valence-corrected chi connectivity index (χ1v) is 9.12. The zero-order valence-corrected chi connectivity index (χ0v) is 15.2. The minimum atomic E-state index is -0.480. The Morgan fingerprint density at radius 1 is 1.22 bits per heavy atom. The molecule has 138 valence electrons. The minimum absolute atomic E-state index is 0.198. The molecule has 2 aromatic heterocycles. The van der Waals surface area contributed by atoms with Gasteiger partial charge >= 0.3 is 0 Å². The van der Waals surface area contributed by atoms with Crippen molar-refractivity contribution in [3.05, 3.63) is 76.6 Å². The SMILES string of the molecule is Cn1c(N2CCC[C@H]2Cc2ccccc2)nc(-c2ccncc2F)cc1=O. The molecule has 0 N–H and O–H groups in total. The summed E-state index contributed by atoms with van der Waals surface area (Å²) >= 11 is 0. The number of aromatic nitrogens is 3. The molecule has 0 spiro atoms. The van der Waals surface area contributed by atoms with Crippen LogP contribution in [0, 0.1) is 5.82 Å². The van der Waals surface area contributed by atoms with Gasteiger partial charge in [0.1, 0.15) is 0 Å². The van der Waals surface area contributed by atoms with E-state index in [4.69, 9.17) is 0 Å². The maximum Gasteiger partial charge on any atom is 0.255 e. The molecule has 3 heterocycles. The predicted octanol–water partition coefficient (Wildman–Crippen LogP) is 3.19. The maximum absolute atomic E-state index is 14.2. The van der Waals surface area contributed by atoms with Crippen LogP contribution < -0.4 is 10.5 Å². The van der Waals surface area contributed by atoms with Gasteiger partial charge in [-0.3, -0.25) is 14.3 Å². The van der Waals surface area contributed by atoms with E-state index in [0.717, 1.165) is 32.0 Å². The zero-order chi connectivity index (χ0) is 18.8. The third-order valence-corrected chi connectivity index (χ3v) is 5.11. The van der Waals surface area contributed by atoms with Gasteiger partial charge in [0.15, 0.2) is 5.82 Å². The van der Waals surface area contributed by atoms with Crippen LogP contribution in [0.4, 0.5) is 10.3 Å². The van der Waals surface area contributed by atoms with E-state index in [2.05, 4.69) is 27.0 Å². The molecule has 0 saturated carbocycles. The summed E-state index contributed by atoms with van der Waals surface area (Å²) in [4.78, 5) is 23.1. The zero-order valence-electron chi connectivity index (χ0n) is 15.2. The maximum atomic E-state index is 14.2. The topological polar surface area (TPSA) is 51.0 Å². The van der Waals surface area contributed by atoms with Gasteiger partial charge < -0.3 is 4.90 Å². The van der Waals surface area contributed by atoms with E-state index in [1.165, 1.54) is 17.8 Å². The Bertz CT molecular complexity index is 1000. The summed E-state index contributed by atoms with van der Waals surface area (Å²) in [7, 11) is 1.72. The summed E-state index contributed by atoms with van der Waals surface area (Å²) in [6.45, 7) is 0.833. The largest absolute Gasteiger partial charge is 0.339 e. The minimum Gasteiger partial charge on any atom is -0.339 e. The van der Waals surface area contributed by atoms with Crippen LogP contribution >= 0.6 is 0 Å². The Hall–Kier alpha value is -3.02. The van der Waals surface area contributed by atoms with Crippen molar-refractivity contribution in [3.63, 3.8) is 0 Å². The van der Waals surface area contributed by atoms with Crippen molar-refractivity contribution in [1.29, 1.82) is 0 Å². The predicted molar refractivity (Wildman–Crippen MR) is 103 cm³/mol. The van der Waals surface area contributed by atoms with E-state index < -0.39 is 5.82 Å². The van der Waals surface area contributed by atoms with Crippen molar-refractivity contribution in [1.82, 2.24) is 14.5 Å². The molecule has 1 aromatic carbocycles.